The molecule has 1 heterocycles. The molecule has 0 spiro atoms. The molecule has 1 N–H and O–H groups in total. The van der Waals surface area contributed by atoms with Crippen molar-refractivity contribution in [2.75, 3.05) is 5.32 Å². The van der Waals surface area contributed by atoms with E-state index < -0.39 is 17.8 Å². The number of carbonyl (C=O) groups excluding carboxylic acids is 1. The van der Waals surface area contributed by atoms with Crippen LogP contribution in [0.15, 0.2) is 24.3 Å². The maximum atomic E-state index is 12.6. The van der Waals surface area contributed by atoms with Crippen molar-refractivity contribution in [3.8, 4) is 0 Å². The van der Waals surface area contributed by atoms with Crippen molar-refractivity contribution in [2.45, 2.75) is 20.0 Å². The summed E-state index contributed by atoms with van der Waals surface area (Å²) in [5.41, 5.74) is 1.10. The van der Waals surface area contributed by atoms with E-state index in [2.05, 4.69) is 10.4 Å². The Labute approximate surface area is 119 Å². The highest BCUT2D eigenvalue weighted by atomic mass is 19.4. The van der Waals surface area contributed by atoms with Gasteiger partial charge in [0.05, 0.1) is 0 Å². The molecular weight excluding hydrogens is 283 g/mol. The Hall–Kier alpha value is -2.31. The Kier molecular flexibility index (Phi) is 3.76. The molecule has 21 heavy (non-hydrogen) atoms. The van der Waals surface area contributed by atoms with Crippen LogP contribution in [0.2, 0.25) is 0 Å². The van der Waals surface area contributed by atoms with Crippen LogP contribution in [-0.4, -0.2) is 15.7 Å². The van der Waals surface area contributed by atoms with Crippen LogP contribution in [0, 0.1) is 13.8 Å². The van der Waals surface area contributed by atoms with Crippen molar-refractivity contribution in [3.05, 3.63) is 46.8 Å². The fourth-order valence-electron chi connectivity index (χ4n) is 1.88. The zero-order valence-electron chi connectivity index (χ0n) is 11.7. The number of carbonyl (C=O) groups is 1. The normalized spacial score (nSPS) is 11.5. The number of nitrogens with one attached hydrogen (secondary N) is 1. The van der Waals surface area contributed by atoms with Crippen molar-refractivity contribution in [1.82, 2.24) is 9.78 Å². The third-order valence-corrected chi connectivity index (χ3v) is 3.04. The van der Waals surface area contributed by atoms with Crippen LogP contribution in [0.1, 0.15) is 27.3 Å². The van der Waals surface area contributed by atoms with Crippen LogP contribution in [0.4, 0.5) is 18.9 Å². The van der Waals surface area contributed by atoms with Crippen LogP contribution < -0.4 is 5.32 Å². The van der Waals surface area contributed by atoms with Gasteiger partial charge in [0, 0.05) is 18.8 Å². The van der Waals surface area contributed by atoms with Gasteiger partial charge in [-0.2, -0.15) is 18.3 Å². The quantitative estimate of drug-likeness (QED) is 0.924. The van der Waals surface area contributed by atoms with E-state index in [1.807, 2.05) is 19.1 Å². The third-order valence-electron chi connectivity index (χ3n) is 3.04. The van der Waals surface area contributed by atoms with Gasteiger partial charge in [-0.3, -0.25) is 9.48 Å². The van der Waals surface area contributed by atoms with E-state index in [1.165, 1.54) is 7.05 Å². The Bertz CT molecular complexity index is 689. The Morgan fingerprint density at radius 3 is 2.48 bits per heavy atom. The minimum Gasteiger partial charge on any atom is -0.320 e. The topological polar surface area (TPSA) is 46.9 Å². The predicted octanol–water partition coefficient (Wildman–Crippen LogP) is 3.31. The first-order valence-electron chi connectivity index (χ1n) is 6.18. The van der Waals surface area contributed by atoms with Gasteiger partial charge in [-0.05, 0) is 31.0 Å². The van der Waals surface area contributed by atoms with Gasteiger partial charge in [0.1, 0.15) is 5.69 Å². The average molecular weight is 297 g/mol. The Morgan fingerprint density at radius 1 is 1.24 bits per heavy atom. The minimum absolute atomic E-state index is 0.150. The SMILES string of the molecule is Cc1ccc(C)c(NC(=O)c2cc(C(F)(F)F)nn2C)c1. The number of benzene rings is 1. The Balaban J connectivity index is 2.29. The van der Waals surface area contributed by atoms with Crippen molar-refractivity contribution in [3.63, 3.8) is 0 Å². The lowest BCUT2D eigenvalue weighted by Gasteiger charge is -2.09. The van der Waals surface area contributed by atoms with Crippen molar-refractivity contribution >= 4 is 11.6 Å². The molecule has 0 saturated heterocycles. The molecular formula is C14H14F3N3O. The first-order valence-corrected chi connectivity index (χ1v) is 6.18. The number of rotatable bonds is 2. The van der Waals surface area contributed by atoms with Gasteiger partial charge >= 0.3 is 6.18 Å². The molecule has 1 amide bonds. The number of hydrogen-bond acceptors (Lipinski definition) is 2. The zero-order valence-corrected chi connectivity index (χ0v) is 11.7. The Morgan fingerprint density at radius 2 is 1.90 bits per heavy atom. The number of aryl methyl sites for hydroxylation is 3. The number of amides is 1. The molecule has 0 aliphatic heterocycles. The van der Waals surface area contributed by atoms with E-state index in [9.17, 15) is 18.0 Å². The van der Waals surface area contributed by atoms with Crippen molar-refractivity contribution in [2.24, 2.45) is 7.05 Å². The average Bonchev–Trinajstić information content (AvgIpc) is 2.76. The highest BCUT2D eigenvalue weighted by molar-refractivity contribution is 6.03. The molecule has 0 saturated carbocycles. The smallest absolute Gasteiger partial charge is 0.320 e. The minimum atomic E-state index is -4.57. The van der Waals surface area contributed by atoms with E-state index in [4.69, 9.17) is 0 Å². The molecule has 0 unspecified atom stereocenters. The standard InChI is InChI=1S/C14H14F3N3O/c1-8-4-5-9(2)10(6-8)18-13(21)11-7-12(14(15,16)17)19-20(11)3/h4-7H,1-3H3,(H,18,21). The summed E-state index contributed by atoms with van der Waals surface area (Å²) in [5.74, 6) is -0.630. The van der Waals surface area contributed by atoms with Gasteiger partial charge in [0.2, 0.25) is 0 Å². The van der Waals surface area contributed by atoms with Crippen LogP contribution in [0.5, 0.6) is 0 Å². The monoisotopic (exact) mass is 297 g/mol. The lowest BCUT2D eigenvalue weighted by Crippen LogP contribution is -2.16. The number of aromatic nitrogens is 2. The zero-order chi connectivity index (χ0) is 15.8. The molecule has 1 aromatic carbocycles. The van der Waals surface area contributed by atoms with Crippen LogP contribution >= 0.6 is 0 Å². The molecule has 0 bridgehead atoms. The molecule has 0 aliphatic rings. The number of nitrogens with zero attached hydrogens (tertiary/aromatic N) is 2. The fraction of sp³-hybridized carbons (Fsp3) is 0.286. The van der Waals surface area contributed by atoms with Gasteiger partial charge in [0.15, 0.2) is 5.69 Å². The van der Waals surface area contributed by atoms with Gasteiger partial charge in [-0.15, -0.1) is 0 Å². The number of alkyl halides is 3. The largest absolute Gasteiger partial charge is 0.435 e. The lowest BCUT2D eigenvalue weighted by molar-refractivity contribution is -0.141. The summed E-state index contributed by atoms with van der Waals surface area (Å²) in [6.07, 6.45) is -4.57. The summed E-state index contributed by atoms with van der Waals surface area (Å²) in [6, 6.07) is 6.21. The number of halogens is 3. The van der Waals surface area contributed by atoms with Crippen LogP contribution in [0.3, 0.4) is 0 Å². The van der Waals surface area contributed by atoms with Gasteiger partial charge in [-0.25, -0.2) is 0 Å². The summed E-state index contributed by atoms with van der Waals surface area (Å²) < 4.78 is 38.7. The summed E-state index contributed by atoms with van der Waals surface area (Å²) in [6.45, 7) is 3.67. The van der Waals surface area contributed by atoms with Crippen LogP contribution in [-0.2, 0) is 13.2 Å². The van der Waals surface area contributed by atoms with E-state index in [0.717, 1.165) is 21.9 Å². The molecule has 0 atom stereocenters. The molecule has 2 rings (SSSR count). The maximum Gasteiger partial charge on any atom is 0.435 e. The van der Waals surface area contributed by atoms with Crippen LogP contribution in [0.25, 0.3) is 0 Å². The highest BCUT2D eigenvalue weighted by Crippen LogP contribution is 2.28. The highest BCUT2D eigenvalue weighted by Gasteiger charge is 2.35. The predicted molar refractivity (Wildman–Crippen MR) is 72.1 cm³/mol. The molecule has 1 aromatic heterocycles. The number of hydrogen-bond donors (Lipinski definition) is 1. The van der Waals surface area contributed by atoms with Gasteiger partial charge in [0.25, 0.3) is 5.91 Å². The molecule has 0 radical (unpaired) electrons. The molecule has 0 aliphatic carbocycles. The lowest BCUT2D eigenvalue weighted by atomic mass is 10.1. The summed E-state index contributed by atoms with van der Waals surface area (Å²) >= 11 is 0. The van der Waals surface area contributed by atoms with Crippen molar-refractivity contribution < 1.29 is 18.0 Å². The van der Waals surface area contributed by atoms with E-state index in [1.54, 1.807) is 13.0 Å². The van der Waals surface area contributed by atoms with E-state index in [0.29, 0.717) is 5.69 Å². The van der Waals surface area contributed by atoms with Crippen molar-refractivity contribution in [1.29, 1.82) is 0 Å². The second-order valence-corrected chi connectivity index (χ2v) is 4.81. The molecule has 7 heteroatoms. The van der Waals surface area contributed by atoms with Gasteiger partial charge in [-0.1, -0.05) is 12.1 Å². The molecule has 2 aromatic rings. The molecule has 0 fully saturated rings. The van der Waals surface area contributed by atoms with Gasteiger partial charge < -0.3 is 5.32 Å². The molecule has 4 nitrogen and oxygen atoms in total. The fourth-order valence-corrected chi connectivity index (χ4v) is 1.88. The third kappa shape index (κ3) is 3.24. The summed E-state index contributed by atoms with van der Waals surface area (Å²) in [4.78, 5) is 12.1. The second kappa shape index (κ2) is 5.23. The first-order chi connectivity index (χ1) is 9.68. The summed E-state index contributed by atoms with van der Waals surface area (Å²) in [5, 5.41) is 5.92. The van der Waals surface area contributed by atoms with E-state index in [-0.39, 0.29) is 5.69 Å². The molecule has 112 valence electrons. The number of anilines is 1. The van der Waals surface area contributed by atoms with E-state index >= 15 is 0 Å². The maximum absolute atomic E-state index is 12.6. The first kappa shape index (κ1) is 15.1. The summed E-state index contributed by atoms with van der Waals surface area (Å²) in [7, 11) is 1.30. The second-order valence-electron chi connectivity index (χ2n) is 4.81.